The molecule has 0 radical (unpaired) electrons. The molecule has 21 heavy (non-hydrogen) atoms. The number of hydrogen-bond acceptors (Lipinski definition) is 0. The van der Waals surface area contributed by atoms with Gasteiger partial charge in [-0.05, 0) is 25.3 Å². The molecule has 106 valence electrons. The third-order valence-corrected chi connectivity index (χ3v) is 3.97. The molecule has 0 N–H and O–H groups in total. The fraction of sp³-hybridized carbons (Fsp3) is 0.250. The standard InChI is InChI=1S/C20H21.Zr/c1-13(2)17-11-16-6-5-7-19(20(16)12-17)18-9-14(3)8-15(4)10-18;/h5-13H,1-4H3;/q-1;. The van der Waals surface area contributed by atoms with Crippen LogP contribution in [0.25, 0.3) is 21.9 Å². The molecule has 0 saturated heterocycles. The summed E-state index contributed by atoms with van der Waals surface area (Å²) in [6.07, 6.45) is 0. The second-order valence-corrected chi connectivity index (χ2v) is 6.13. The van der Waals surface area contributed by atoms with Crippen molar-refractivity contribution in [2.45, 2.75) is 33.6 Å². The Bertz CT molecular complexity index is 742. The van der Waals surface area contributed by atoms with Gasteiger partial charge in [0.25, 0.3) is 0 Å². The molecule has 0 bridgehead atoms. The van der Waals surface area contributed by atoms with Crippen LogP contribution in [0.4, 0.5) is 0 Å². The van der Waals surface area contributed by atoms with Gasteiger partial charge in [-0.1, -0.05) is 54.8 Å². The molecule has 0 heterocycles. The average Bonchev–Trinajstić information content (AvgIpc) is 2.81. The van der Waals surface area contributed by atoms with Crippen LogP contribution in [-0.4, -0.2) is 0 Å². The maximum Gasteiger partial charge on any atom is 0 e. The van der Waals surface area contributed by atoms with E-state index >= 15 is 0 Å². The van der Waals surface area contributed by atoms with Gasteiger partial charge in [0.15, 0.2) is 0 Å². The zero-order valence-corrected chi connectivity index (χ0v) is 15.7. The summed E-state index contributed by atoms with van der Waals surface area (Å²) in [5.74, 6) is 0.578. The van der Waals surface area contributed by atoms with Gasteiger partial charge < -0.3 is 0 Å². The Kier molecular flexibility index (Phi) is 4.94. The van der Waals surface area contributed by atoms with Crippen molar-refractivity contribution < 1.29 is 26.2 Å². The summed E-state index contributed by atoms with van der Waals surface area (Å²) in [4.78, 5) is 0. The third kappa shape index (κ3) is 3.24. The average molecular weight is 353 g/mol. The third-order valence-electron chi connectivity index (χ3n) is 3.97. The molecule has 0 atom stereocenters. The maximum atomic E-state index is 2.35. The molecule has 0 aliphatic heterocycles. The van der Waals surface area contributed by atoms with Gasteiger partial charge in [0, 0.05) is 26.2 Å². The molecule has 0 amide bonds. The van der Waals surface area contributed by atoms with Crippen molar-refractivity contribution in [2.24, 2.45) is 0 Å². The van der Waals surface area contributed by atoms with Crippen LogP contribution < -0.4 is 0 Å². The minimum Gasteiger partial charge on any atom is -0.164 e. The van der Waals surface area contributed by atoms with Gasteiger partial charge in [-0.25, -0.2) is 0 Å². The molecule has 3 rings (SSSR count). The van der Waals surface area contributed by atoms with E-state index in [-0.39, 0.29) is 26.2 Å². The van der Waals surface area contributed by atoms with Gasteiger partial charge in [0.1, 0.15) is 0 Å². The van der Waals surface area contributed by atoms with Crippen LogP contribution in [0.3, 0.4) is 0 Å². The van der Waals surface area contributed by atoms with Crippen molar-refractivity contribution in [3.05, 3.63) is 65.2 Å². The van der Waals surface area contributed by atoms with Crippen molar-refractivity contribution in [3.8, 4) is 11.1 Å². The molecule has 3 aromatic rings. The van der Waals surface area contributed by atoms with E-state index in [1.807, 2.05) is 0 Å². The van der Waals surface area contributed by atoms with Gasteiger partial charge in [0.05, 0.1) is 0 Å². The van der Waals surface area contributed by atoms with E-state index < -0.39 is 0 Å². The van der Waals surface area contributed by atoms with Crippen LogP contribution >= 0.6 is 0 Å². The van der Waals surface area contributed by atoms with Gasteiger partial charge in [0.2, 0.25) is 0 Å². The minimum atomic E-state index is 0. The first-order valence-electron chi connectivity index (χ1n) is 7.32. The number of rotatable bonds is 2. The Morgan fingerprint density at radius 2 is 1.57 bits per heavy atom. The minimum absolute atomic E-state index is 0. The molecule has 0 fully saturated rings. The van der Waals surface area contributed by atoms with Crippen molar-refractivity contribution >= 4 is 10.8 Å². The number of benzene rings is 2. The first-order chi connectivity index (χ1) is 9.54. The van der Waals surface area contributed by atoms with Crippen LogP contribution in [0, 0.1) is 13.8 Å². The van der Waals surface area contributed by atoms with E-state index in [4.69, 9.17) is 0 Å². The van der Waals surface area contributed by atoms with E-state index in [1.165, 1.54) is 38.6 Å². The Hall–Kier alpha value is -1.07. The number of aryl methyl sites for hydroxylation is 2. The van der Waals surface area contributed by atoms with E-state index in [1.54, 1.807) is 0 Å². The Morgan fingerprint density at radius 3 is 2.19 bits per heavy atom. The van der Waals surface area contributed by atoms with Crippen LogP contribution in [-0.2, 0) is 26.2 Å². The molecule has 1 heteroatoms. The number of hydrogen-bond donors (Lipinski definition) is 0. The van der Waals surface area contributed by atoms with Crippen LogP contribution in [0.5, 0.6) is 0 Å². The van der Waals surface area contributed by atoms with Crippen molar-refractivity contribution in [2.75, 3.05) is 0 Å². The Balaban J connectivity index is 0.00000161. The molecule has 0 unspecified atom stereocenters. The first kappa shape index (κ1) is 16.3. The molecule has 3 aromatic carbocycles. The molecule has 0 saturated carbocycles. The van der Waals surface area contributed by atoms with Crippen molar-refractivity contribution in [1.82, 2.24) is 0 Å². The van der Waals surface area contributed by atoms with Gasteiger partial charge in [-0.15, -0.1) is 34.5 Å². The molecular weight excluding hydrogens is 331 g/mol. The van der Waals surface area contributed by atoms with Crippen molar-refractivity contribution in [3.63, 3.8) is 0 Å². The van der Waals surface area contributed by atoms with E-state index in [0.717, 1.165) is 0 Å². The summed E-state index contributed by atoms with van der Waals surface area (Å²) in [6, 6.07) is 18.1. The van der Waals surface area contributed by atoms with Gasteiger partial charge >= 0.3 is 0 Å². The largest absolute Gasteiger partial charge is 0.164 e. The summed E-state index contributed by atoms with van der Waals surface area (Å²) >= 11 is 0. The summed E-state index contributed by atoms with van der Waals surface area (Å²) < 4.78 is 0. The SMILES string of the molecule is Cc1cc(C)cc(-c2cccc3[cH-]c(C(C)C)cc23)c1.[Zr]. The summed E-state index contributed by atoms with van der Waals surface area (Å²) in [5.41, 5.74) is 6.76. The first-order valence-corrected chi connectivity index (χ1v) is 7.32. The smallest absolute Gasteiger partial charge is 0 e. The number of fused-ring (bicyclic) bond motifs is 1. The predicted molar refractivity (Wildman–Crippen MR) is 88.5 cm³/mol. The summed E-state index contributed by atoms with van der Waals surface area (Å²) in [7, 11) is 0. The van der Waals surface area contributed by atoms with Gasteiger partial charge in [-0.3, -0.25) is 0 Å². The van der Waals surface area contributed by atoms with E-state index in [9.17, 15) is 0 Å². The fourth-order valence-electron chi connectivity index (χ4n) is 2.97. The topological polar surface area (TPSA) is 0 Å². The second-order valence-electron chi connectivity index (χ2n) is 6.13. The second kappa shape index (κ2) is 6.36. The maximum absolute atomic E-state index is 2.35. The molecule has 0 aliphatic rings. The molecule has 0 aromatic heterocycles. The predicted octanol–water partition coefficient (Wildman–Crippen LogP) is 5.96. The van der Waals surface area contributed by atoms with Crippen LogP contribution in [0.2, 0.25) is 0 Å². The molecule has 0 spiro atoms. The van der Waals surface area contributed by atoms with E-state index in [0.29, 0.717) is 5.92 Å². The Morgan fingerprint density at radius 1 is 0.905 bits per heavy atom. The van der Waals surface area contributed by atoms with Crippen LogP contribution in [0.15, 0.2) is 48.5 Å². The van der Waals surface area contributed by atoms with E-state index in [2.05, 4.69) is 76.2 Å². The molecule has 0 nitrogen and oxygen atoms in total. The molecular formula is C20H21Zr-. The van der Waals surface area contributed by atoms with Crippen molar-refractivity contribution in [1.29, 1.82) is 0 Å². The zero-order valence-electron chi connectivity index (χ0n) is 13.2. The van der Waals surface area contributed by atoms with Gasteiger partial charge in [-0.2, -0.15) is 6.07 Å². The molecule has 0 aliphatic carbocycles. The Labute approximate surface area is 146 Å². The quantitative estimate of drug-likeness (QED) is 0.499. The summed E-state index contributed by atoms with van der Waals surface area (Å²) in [6.45, 7) is 8.84. The zero-order chi connectivity index (χ0) is 14.3. The normalized spacial score (nSPS) is 10.9. The van der Waals surface area contributed by atoms with Crippen LogP contribution in [0.1, 0.15) is 36.5 Å². The summed E-state index contributed by atoms with van der Waals surface area (Å²) in [5, 5.41) is 2.73. The fourth-order valence-corrected chi connectivity index (χ4v) is 2.97. The monoisotopic (exact) mass is 351 g/mol.